The Labute approximate surface area is 161 Å². The molecule has 8 nitrogen and oxygen atoms in total. The SMILES string of the molecule is CC(C)[C@H](C(=O)OCC(=O)NCc1ccco1)N1C(=O)c2ccccc2C1=O. The Kier molecular flexibility index (Phi) is 5.58. The average Bonchev–Trinajstić information content (AvgIpc) is 3.28. The molecule has 2 heterocycles. The topological polar surface area (TPSA) is 106 Å². The Bertz CT molecular complexity index is 868. The van der Waals surface area contributed by atoms with Gasteiger partial charge < -0.3 is 14.5 Å². The van der Waals surface area contributed by atoms with Crippen LogP contribution < -0.4 is 5.32 Å². The maximum Gasteiger partial charge on any atom is 0.330 e. The van der Waals surface area contributed by atoms with Crippen LogP contribution in [-0.2, 0) is 20.9 Å². The van der Waals surface area contributed by atoms with Crippen LogP contribution in [0.25, 0.3) is 0 Å². The van der Waals surface area contributed by atoms with Crippen molar-refractivity contribution in [2.45, 2.75) is 26.4 Å². The molecule has 28 heavy (non-hydrogen) atoms. The molecule has 0 unspecified atom stereocenters. The fourth-order valence-corrected chi connectivity index (χ4v) is 3.01. The van der Waals surface area contributed by atoms with E-state index in [2.05, 4.69) is 5.32 Å². The van der Waals surface area contributed by atoms with Gasteiger partial charge in [-0.1, -0.05) is 26.0 Å². The second kappa shape index (κ2) is 8.08. The van der Waals surface area contributed by atoms with Gasteiger partial charge >= 0.3 is 5.97 Å². The summed E-state index contributed by atoms with van der Waals surface area (Å²) in [7, 11) is 0. The number of hydrogen-bond donors (Lipinski definition) is 1. The predicted molar refractivity (Wildman–Crippen MR) is 97.1 cm³/mol. The van der Waals surface area contributed by atoms with E-state index in [0.29, 0.717) is 5.76 Å². The van der Waals surface area contributed by atoms with E-state index in [-0.39, 0.29) is 23.6 Å². The van der Waals surface area contributed by atoms with Gasteiger partial charge in [0.25, 0.3) is 17.7 Å². The number of esters is 1. The van der Waals surface area contributed by atoms with Crippen LogP contribution in [0.4, 0.5) is 0 Å². The Balaban J connectivity index is 1.64. The van der Waals surface area contributed by atoms with Crippen molar-refractivity contribution in [3.8, 4) is 0 Å². The fraction of sp³-hybridized carbons (Fsp3) is 0.300. The number of ether oxygens (including phenoxy) is 1. The van der Waals surface area contributed by atoms with Crippen molar-refractivity contribution in [2.75, 3.05) is 6.61 Å². The molecular formula is C20H20N2O6. The van der Waals surface area contributed by atoms with E-state index in [1.54, 1.807) is 50.2 Å². The second-order valence-corrected chi connectivity index (χ2v) is 6.68. The molecule has 3 rings (SSSR count). The summed E-state index contributed by atoms with van der Waals surface area (Å²) in [5, 5.41) is 2.55. The van der Waals surface area contributed by atoms with Crippen molar-refractivity contribution in [1.29, 1.82) is 0 Å². The highest BCUT2D eigenvalue weighted by molar-refractivity contribution is 6.22. The average molecular weight is 384 g/mol. The summed E-state index contributed by atoms with van der Waals surface area (Å²) in [6, 6.07) is 8.66. The lowest BCUT2D eigenvalue weighted by molar-refractivity contribution is -0.153. The van der Waals surface area contributed by atoms with Gasteiger partial charge in [-0.25, -0.2) is 4.79 Å². The monoisotopic (exact) mass is 384 g/mol. The van der Waals surface area contributed by atoms with E-state index < -0.39 is 36.3 Å². The summed E-state index contributed by atoms with van der Waals surface area (Å²) >= 11 is 0. The van der Waals surface area contributed by atoms with Gasteiger partial charge in [0.15, 0.2) is 6.61 Å². The first-order valence-electron chi connectivity index (χ1n) is 8.82. The van der Waals surface area contributed by atoms with Crippen LogP contribution >= 0.6 is 0 Å². The summed E-state index contributed by atoms with van der Waals surface area (Å²) < 4.78 is 10.2. The number of amides is 3. The number of nitrogens with zero attached hydrogens (tertiary/aromatic N) is 1. The summed E-state index contributed by atoms with van der Waals surface area (Å²) in [6.07, 6.45) is 1.48. The Hall–Kier alpha value is -3.42. The van der Waals surface area contributed by atoms with Crippen LogP contribution in [0.2, 0.25) is 0 Å². The Morgan fingerprint density at radius 3 is 2.25 bits per heavy atom. The van der Waals surface area contributed by atoms with Crippen molar-refractivity contribution >= 4 is 23.7 Å². The molecule has 1 N–H and O–H groups in total. The molecule has 1 aliphatic rings. The third-order valence-corrected chi connectivity index (χ3v) is 4.36. The summed E-state index contributed by atoms with van der Waals surface area (Å²) in [4.78, 5) is 50.7. The zero-order valence-corrected chi connectivity index (χ0v) is 15.5. The number of rotatable bonds is 7. The van der Waals surface area contributed by atoms with Crippen LogP contribution in [0, 0.1) is 5.92 Å². The number of nitrogens with one attached hydrogen (secondary N) is 1. The molecular weight excluding hydrogens is 364 g/mol. The highest BCUT2D eigenvalue weighted by Crippen LogP contribution is 2.27. The van der Waals surface area contributed by atoms with Crippen LogP contribution in [0.1, 0.15) is 40.3 Å². The number of imide groups is 1. The lowest BCUT2D eigenvalue weighted by Crippen LogP contribution is -2.49. The zero-order valence-electron chi connectivity index (χ0n) is 15.5. The van der Waals surface area contributed by atoms with Gasteiger partial charge in [0.1, 0.15) is 11.8 Å². The van der Waals surface area contributed by atoms with Crippen molar-refractivity contribution in [1.82, 2.24) is 10.2 Å². The summed E-state index contributed by atoms with van der Waals surface area (Å²) in [5.41, 5.74) is 0.504. The number of hydrogen-bond acceptors (Lipinski definition) is 6. The fourth-order valence-electron chi connectivity index (χ4n) is 3.01. The number of benzene rings is 1. The van der Waals surface area contributed by atoms with E-state index in [1.165, 1.54) is 6.26 Å². The van der Waals surface area contributed by atoms with E-state index in [1.807, 2.05) is 0 Å². The molecule has 0 bridgehead atoms. The normalized spacial score (nSPS) is 14.2. The second-order valence-electron chi connectivity index (χ2n) is 6.68. The molecule has 0 saturated heterocycles. The quantitative estimate of drug-likeness (QED) is 0.576. The van der Waals surface area contributed by atoms with Crippen molar-refractivity contribution in [2.24, 2.45) is 5.92 Å². The minimum atomic E-state index is -1.12. The number of furan rings is 1. The minimum Gasteiger partial charge on any atom is -0.467 e. The van der Waals surface area contributed by atoms with Gasteiger partial charge in [-0.3, -0.25) is 19.3 Å². The molecule has 1 atom stereocenters. The van der Waals surface area contributed by atoms with Crippen molar-refractivity contribution in [3.63, 3.8) is 0 Å². The largest absolute Gasteiger partial charge is 0.467 e. The molecule has 3 amide bonds. The predicted octanol–water partition coefficient (Wildman–Crippen LogP) is 1.76. The first kappa shape index (κ1) is 19.3. The molecule has 8 heteroatoms. The van der Waals surface area contributed by atoms with Crippen LogP contribution in [0.5, 0.6) is 0 Å². The van der Waals surface area contributed by atoms with Gasteiger partial charge in [0, 0.05) is 0 Å². The third kappa shape index (κ3) is 3.80. The van der Waals surface area contributed by atoms with Crippen molar-refractivity contribution in [3.05, 3.63) is 59.5 Å². The Morgan fingerprint density at radius 1 is 1.07 bits per heavy atom. The smallest absolute Gasteiger partial charge is 0.330 e. The molecule has 0 aliphatic carbocycles. The minimum absolute atomic E-state index is 0.162. The molecule has 2 aromatic rings. The van der Waals surface area contributed by atoms with Crippen LogP contribution in [-0.4, -0.2) is 41.2 Å². The van der Waals surface area contributed by atoms with Crippen LogP contribution in [0.3, 0.4) is 0 Å². The standard InChI is InChI=1S/C20H20N2O6/c1-12(2)17(22-18(24)14-7-3-4-8-15(14)19(22)25)20(26)28-11-16(23)21-10-13-6-5-9-27-13/h3-9,12,17H,10-11H2,1-2H3,(H,21,23)/t17-/m1/s1. The molecule has 0 saturated carbocycles. The number of fused-ring (bicyclic) bond motifs is 1. The molecule has 1 aromatic carbocycles. The maximum atomic E-state index is 12.6. The van der Waals surface area contributed by atoms with Crippen LogP contribution in [0.15, 0.2) is 47.1 Å². The highest BCUT2D eigenvalue weighted by Gasteiger charge is 2.44. The van der Waals surface area contributed by atoms with E-state index in [9.17, 15) is 19.2 Å². The van der Waals surface area contributed by atoms with E-state index in [4.69, 9.17) is 9.15 Å². The van der Waals surface area contributed by atoms with Gasteiger partial charge in [-0.05, 0) is 30.2 Å². The summed E-state index contributed by atoms with van der Waals surface area (Å²) in [6.45, 7) is 3.04. The first-order chi connectivity index (χ1) is 13.4. The number of carbonyl (C=O) groups excluding carboxylic acids is 4. The molecule has 0 spiro atoms. The van der Waals surface area contributed by atoms with Gasteiger partial charge in [0.05, 0.1) is 23.9 Å². The first-order valence-corrected chi connectivity index (χ1v) is 8.82. The zero-order chi connectivity index (χ0) is 20.3. The Morgan fingerprint density at radius 2 is 1.71 bits per heavy atom. The van der Waals surface area contributed by atoms with Gasteiger partial charge in [-0.15, -0.1) is 0 Å². The van der Waals surface area contributed by atoms with Gasteiger partial charge in [0.2, 0.25) is 0 Å². The van der Waals surface area contributed by atoms with E-state index >= 15 is 0 Å². The lowest BCUT2D eigenvalue weighted by atomic mass is 10.0. The molecule has 1 aromatic heterocycles. The van der Waals surface area contributed by atoms with Crippen molar-refractivity contribution < 1.29 is 28.3 Å². The maximum absolute atomic E-state index is 12.6. The third-order valence-electron chi connectivity index (χ3n) is 4.36. The highest BCUT2D eigenvalue weighted by atomic mass is 16.5. The summed E-state index contributed by atoms with van der Waals surface area (Å²) in [5.74, 6) is -2.24. The van der Waals surface area contributed by atoms with Gasteiger partial charge in [-0.2, -0.15) is 0 Å². The molecule has 1 aliphatic heterocycles. The molecule has 0 fully saturated rings. The molecule has 0 radical (unpaired) electrons. The number of carbonyl (C=O) groups is 4. The lowest BCUT2D eigenvalue weighted by Gasteiger charge is -2.27. The van der Waals surface area contributed by atoms with E-state index in [0.717, 1.165) is 4.90 Å². The molecule has 146 valence electrons.